The van der Waals surface area contributed by atoms with E-state index in [0.717, 1.165) is 62.3 Å². The maximum Gasteiger partial charge on any atom is 0.132 e. The zero-order valence-electron chi connectivity index (χ0n) is 35.5. The van der Waals surface area contributed by atoms with E-state index in [0.29, 0.717) is 0 Å². The monoisotopic (exact) mass is 859 g/mol. The van der Waals surface area contributed by atoms with E-state index in [1.54, 1.807) is 0 Å². The molecule has 308 valence electrons. The molecule has 66 heavy (non-hydrogen) atoms. The molecule has 3 nitrogen and oxygen atoms in total. The van der Waals surface area contributed by atoms with Gasteiger partial charge in [-0.2, -0.15) is 0 Å². The molecule has 2 spiro atoms. The summed E-state index contributed by atoms with van der Waals surface area (Å²) in [5.41, 5.74) is 16.7. The molecule has 3 heterocycles. The Labute approximate surface area is 386 Å². The van der Waals surface area contributed by atoms with Crippen LogP contribution in [0.2, 0.25) is 0 Å². The lowest BCUT2D eigenvalue weighted by molar-refractivity contribution is 0.436. The fraction of sp³-hybridized carbons (Fsp3) is 0.0323. The van der Waals surface area contributed by atoms with Gasteiger partial charge in [0.05, 0.1) is 32.6 Å². The van der Waals surface area contributed by atoms with Crippen molar-refractivity contribution in [2.75, 3.05) is 4.90 Å². The quantitative estimate of drug-likeness (QED) is 0.177. The number of benzene rings is 10. The molecule has 0 saturated heterocycles. The van der Waals surface area contributed by atoms with E-state index >= 15 is 0 Å². The van der Waals surface area contributed by atoms with Crippen molar-refractivity contribution in [3.8, 4) is 45.3 Å². The number of thiophene rings is 1. The highest BCUT2D eigenvalue weighted by molar-refractivity contribution is 7.26. The van der Waals surface area contributed by atoms with Gasteiger partial charge in [0.15, 0.2) is 0 Å². The topological polar surface area (TPSA) is 21.7 Å². The van der Waals surface area contributed by atoms with E-state index in [1.165, 1.54) is 64.7 Å². The van der Waals surface area contributed by atoms with Crippen molar-refractivity contribution < 1.29 is 9.47 Å². The van der Waals surface area contributed by atoms with E-state index < -0.39 is 10.8 Å². The van der Waals surface area contributed by atoms with Gasteiger partial charge in [-0.3, -0.25) is 0 Å². The molecule has 0 amide bonds. The van der Waals surface area contributed by atoms with Crippen LogP contribution in [0.1, 0.15) is 44.5 Å². The Morgan fingerprint density at radius 3 is 1.17 bits per heavy atom. The molecule has 0 atom stereocenters. The second kappa shape index (κ2) is 13.2. The minimum absolute atomic E-state index is 0.618. The molecule has 15 rings (SSSR count). The standard InChI is InChI=1S/C62H37NO2S/c1-4-22-42-40(19-1)58-48(61(42)44-24-6-10-33-53(44)64-54-34-11-7-25-45(54)61)28-16-30-50(58)63(52-32-15-21-39-38-18-3-14-37-57(38)66-60(39)52)51-31-17-29-49-59(51)41-20-2-5-23-43(41)62(49)46-26-8-12-35-55(46)65-56-36-13-9-27-47(56)62/h1-37H. The van der Waals surface area contributed by atoms with Crippen LogP contribution in [0, 0.1) is 0 Å². The third-order valence-electron chi connectivity index (χ3n) is 14.8. The summed E-state index contributed by atoms with van der Waals surface area (Å²) in [5, 5.41) is 2.53. The Hall–Kier alpha value is -8.18. The first kappa shape index (κ1) is 36.2. The normalized spacial score (nSPS) is 14.5. The van der Waals surface area contributed by atoms with Gasteiger partial charge in [0.2, 0.25) is 0 Å². The molecule has 4 heteroatoms. The predicted molar refractivity (Wildman–Crippen MR) is 269 cm³/mol. The number of rotatable bonds is 3. The lowest BCUT2D eigenvalue weighted by atomic mass is 9.66. The average molecular weight is 860 g/mol. The Bertz CT molecular complexity index is 3590. The van der Waals surface area contributed by atoms with Gasteiger partial charge in [0.25, 0.3) is 0 Å². The van der Waals surface area contributed by atoms with E-state index in [4.69, 9.17) is 9.47 Å². The summed E-state index contributed by atoms with van der Waals surface area (Å²) in [4.78, 5) is 2.61. The SMILES string of the molecule is c1ccc2c(c1)Oc1ccccc1C21c2ccccc2-c2c(N(c3cccc4c3-c3ccccc3C43c4ccccc4Oc4ccccc43)c3cccc4c3sc3ccccc34)cccc21. The minimum Gasteiger partial charge on any atom is -0.457 e. The number of ether oxygens (including phenoxy) is 2. The van der Waals surface area contributed by atoms with Crippen LogP contribution < -0.4 is 14.4 Å². The lowest BCUT2D eigenvalue weighted by Gasteiger charge is -2.40. The first-order valence-electron chi connectivity index (χ1n) is 22.7. The number of hydrogen-bond acceptors (Lipinski definition) is 4. The summed E-state index contributed by atoms with van der Waals surface area (Å²) >= 11 is 1.87. The van der Waals surface area contributed by atoms with Gasteiger partial charge in [-0.15, -0.1) is 11.3 Å². The first-order valence-corrected chi connectivity index (χ1v) is 23.5. The molecule has 0 saturated carbocycles. The van der Waals surface area contributed by atoms with Crippen LogP contribution in [0.15, 0.2) is 224 Å². The smallest absolute Gasteiger partial charge is 0.132 e. The second-order valence-corrected chi connectivity index (χ2v) is 18.8. The number of para-hydroxylation sites is 4. The molecule has 0 N–H and O–H groups in total. The number of fused-ring (bicyclic) bond motifs is 21. The van der Waals surface area contributed by atoms with Crippen molar-refractivity contribution in [3.63, 3.8) is 0 Å². The highest BCUT2D eigenvalue weighted by Gasteiger charge is 2.54. The zero-order valence-corrected chi connectivity index (χ0v) is 36.4. The minimum atomic E-state index is -0.618. The zero-order chi connectivity index (χ0) is 43.1. The Morgan fingerprint density at radius 2 is 0.667 bits per heavy atom. The predicted octanol–water partition coefficient (Wildman–Crippen LogP) is 16.5. The van der Waals surface area contributed by atoms with Gasteiger partial charge in [0.1, 0.15) is 23.0 Å². The Kier molecular flexibility index (Phi) is 7.24. The molecule has 10 aromatic carbocycles. The third-order valence-corrected chi connectivity index (χ3v) is 16.0. The number of nitrogens with zero attached hydrogens (tertiary/aromatic N) is 1. The molecule has 0 fully saturated rings. The fourth-order valence-corrected chi connectivity index (χ4v) is 13.6. The van der Waals surface area contributed by atoms with Gasteiger partial charge < -0.3 is 14.4 Å². The highest BCUT2D eigenvalue weighted by atomic mass is 32.1. The molecule has 11 aromatic rings. The van der Waals surface area contributed by atoms with Crippen molar-refractivity contribution >= 4 is 48.6 Å². The molecular formula is C62H37NO2S. The van der Waals surface area contributed by atoms with Crippen LogP contribution in [0.5, 0.6) is 23.0 Å². The van der Waals surface area contributed by atoms with E-state index in [1.807, 2.05) is 11.3 Å². The van der Waals surface area contributed by atoms with Gasteiger partial charge in [-0.1, -0.05) is 176 Å². The van der Waals surface area contributed by atoms with Crippen molar-refractivity contribution in [2.45, 2.75) is 10.8 Å². The van der Waals surface area contributed by atoms with Crippen molar-refractivity contribution in [1.29, 1.82) is 0 Å². The van der Waals surface area contributed by atoms with Gasteiger partial charge in [-0.25, -0.2) is 0 Å². The van der Waals surface area contributed by atoms with E-state index in [2.05, 4.69) is 229 Å². The summed E-state index contributed by atoms with van der Waals surface area (Å²) in [5.74, 6) is 3.54. The van der Waals surface area contributed by atoms with Crippen LogP contribution >= 0.6 is 11.3 Å². The highest BCUT2D eigenvalue weighted by Crippen LogP contribution is 2.67. The van der Waals surface area contributed by atoms with Crippen LogP contribution in [0.4, 0.5) is 17.1 Å². The molecule has 4 aliphatic rings. The largest absolute Gasteiger partial charge is 0.457 e. The van der Waals surface area contributed by atoms with Gasteiger partial charge in [0, 0.05) is 48.9 Å². The Balaban J connectivity index is 1.09. The van der Waals surface area contributed by atoms with Crippen molar-refractivity contribution in [3.05, 3.63) is 269 Å². The Morgan fingerprint density at radius 1 is 0.303 bits per heavy atom. The maximum absolute atomic E-state index is 6.76. The summed E-state index contributed by atoms with van der Waals surface area (Å²) in [6.45, 7) is 0. The maximum atomic E-state index is 6.76. The molecule has 1 aromatic heterocycles. The molecule has 2 aliphatic carbocycles. The summed E-state index contributed by atoms with van der Waals surface area (Å²) in [7, 11) is 0. The van der Waals surface area contributed by atoms with E-state index in [9.17, 15) is 0 Å². The third kappa shape index (κ3) is 4.42. The van der Waals surface area contributed by atoms with Crippen molar-refractivity contribution in [2.24, 2.45) is 0 Å². The fourth-order valence-electron chi connectivity index (χ4n) is 12.4. The van der Waals surface area contributed by atoms with Gasteiger partial charge >= 0.3 is 0 Å². The van der Waals surface area contributed by atoms with E-state index in [-0.39, 0.29) is 0 Å². The van der Waals surface area contributed by atoms with Crippen LogP contribution in [0.25, 0.3) is 42.4 Å². The number of anilines is 3. The summed E-state index contributed by atoms with van der Waals surface area (Å²) in [6.07, 6.45) is 0. The van der Waals surface area contributed by atoms with Crippen LogP contribution in [-0.2, 0) is 10.8 Å². The average Bonchev–Trinajstić information content (AvgIpc) is 4.01. The summed E-state index contributed by atoms with van der Waals surface area (Å²) < 4.78 is 16.0. The number of hydrogen-bond donors (Lipinski definition) is 0. The summed E-state index contributed by atoms with van der Waals surface area (Å²) in [6, 6.07) is 82.4. The van der Waals surface area contributed by atoms with Crippen LogP contribution in [-0.4, -0.2) is 0 Å². The molecule has 0 bridgehead atoms. The van der Waals surface area contributed by atoms with Crippen molar-refractivity contribution in [1.82, 2.24) is 0 Å². The molecule has 2 aliphatic heterocycles. The van der Waals surface area contributed by atoms with Gasteiger partial charge in [-0.05, 0) is 81.9 Å². The first-order chi connectivity index (χ1) is 32.8. The van der Waals surface area contributed by atoms with Crippen LogP contribution in [0.3, 0.4) is 0 Å². The lowest BCUT2D eigenvalue weighted by Crippen LogP contribution is -2.32. The molecule has 0 unspecified atom stereocenters. The second-order valence-electron chi connectivity index (χ2n) is 17.8. The molecule has 0 radical (unpaired) electrons. The molecular weight excluding hydrogens is 823 g/mol.